The minimum atomic E-state index is -0.307. The average Bonchev–Trinajstić information content (AvgIpc) is 2.97. The highest BCUT2D eigenvalue weighted by atomic mass is 16.5. The van der Waals surface area contributed by atoms with Crippen LogP contribution in [0.2, 0.25) is 0 Å². The number of amides is 1. The monoisotopic (exact) mass is 304 g/mol. The highest BCUT2D eigenvalue weighted by molar-refractivity contribution is 6.02. The summed E-state index contributed by atoms with van der Waals surface area (Å²) in [5.41, 5.74) is 1.64. The van der Waals surface area contributed by atoms with Crippen molar-refractivity contribution in [1.29, 1.82) is 0 Å². The van der Waals surface area contributed by atoms with Crippen molar-refractivity contribution in [2.75, 3.05) is 37.5 Å². The number of hydrogen-bond acceptors (Lipinski definition) is 5. The number of nitrogens with zero attached hydrogens (tertiary/aromatic N) is 1. The molecule has 1 heterocycles. The van der Waals surface area contributed by atoms with Crippen LogP contribution < -0.4 is 10.2 Å². The van der Waals surface area contributed by atoms with Crippen LogP contribution in [0.15, 0.2) is 40.8 Å². The summed E-state index contributed by atoms with van der Waals surface area (Å²) in [4.78, 5) is 14.0. The number of ether oxygens (including phenoxy) is 1. The zero-order chi connectivity index (χ0) is 15.9. The third-order valence-corrected chi connectivity index (χ3v) is 3.17. The van der Waals surface area contributed by atoms with Crippen LogP contribution in [0.1, 0.15) is 16.3 Å². The summed E-state index contributed by atoms with van der Waals surface area (Å²) in [6.45, 7) is 0.983. The Morgan fingerprint density at radius 1 is 1.27 bits per heavy atom. The van der Waals surface area contributed by atoms with Crippen molar-refractivity contribution >= 4 is 17.3 Å². The van der Waals surface area contributed by atoms with E-state index in [1.54, 1.807) is 31.4 Å². The second kappa shape index (κ2) is 7.63. The van der Waals surface area contributed by atoms with Gasteiger partial charge in [0.05, 0.1) is 6.61 Å². The molecular formula is C16H20N2O4. The van der Waals surface area contributed by atoms with E-state index in [1.807, 2.05) is 24.1 Å². The maximum atomic E-state index is 12.1. The Balaban J connectivity index is 1.99. The zero-order valence-corrected chi connectivity index (χ0v) is 12.7. The van der Waals surface area contributed by atoms with Gasteiger partial charge in [-0.1, -0.05) is 0 Å². The molecule has 22 heavy (non-hydrogen) atoms. The van der Waals surface area contributed by atoms with Crippen molar-refractivity contribution < 1.29 is 19.1 Å². The largest absolute Gasteiger partial charge is 0.453 e. The lowest BCUT2D eigenvalue weighted by molar-refractivity contribution is 0.0987. The van der Waals surface area contributed by atoms with Crippen LogP contribution >= 0.6 is 0 Å². The smallest absolute Gasteiger partial charge is 0.291 e. The number of nitrogens with one attached hydrogen (secondary N) is 1. The highest BCUT2D eigenvalue weighted by Gasteiger charge is 2.11. The third-order valence-electron chi connectivity index (χ3n) is 3.17. The van der Waals surface area contributed by atoms with Gasteiger partial charge in [-0.3, -0.25) is 4.79 Å². The van der Waals surface area contributed by atoms with E-state index in [1.165, 1.54) is 0 Å². The van der Waals surface area contributed by atoms with Gasteiger partial charge in [0.2, 0.25) is 0 Å². The van der Waals surface area contributed by atoms with E-state index in [4.69, 9.17) is 14.3 Å². The molecule has 0 atom stereocenters. The van der Waals surface area contributed by atoms with Gasteiger partial charge in [-0.25, -0.2) is 0 Å². The van der Waals surface area contributed by atoms with Crippen molar-refractivity contribution in [2.45, 2.75) is 6.61 Å². The maximum absolute atomic E-state index is 12.1. The van der Waals surface area contributed by atoms with Gasteiger partial charge in [0.1, 0.15) is 12.4 Å². The van der Waals surface area contributed by atoms with Crippen molar-refractivity contribution in [1.82, 2.24) is 0 Å². The summed E-state index contributed by atoms with van der Waals surface area (Å²) in [6.07, 6.45) is 0. The van der Waals surface area contributed by atoms with E-state index < -0.39 is 0 Å². The molecule has 0 bridgehead atoms. The SMILES string of the molecule is COCc1ccc(C(=O)Nc2ccc(N(C)CCO)cc2)o1. The Morgan fingerprint density at radius 3 is 2.64 bits per heavy atom. The predicted molar refractivity (Wildman–Crippen MR) is 84.2 cm³/mol. The van der Waals surface area contributed by atoms with Gasteiger partial charge < -0.3 is 24.5 Å². The molecule has 2 rings (SSSR count). The molecule has 0 saturated carbocycles. The van der Waals surface area contributed by atoms with Gasteiger partial charge in [-0.2, -0.15) is 0 Å². The zero-order valence-electron chi connectivity index (χ0n) is 12.7. The van der Waals surface area contributed by atoms with Crippen molar-refractivity contribution in [3.05, 3.63) is 47.9 Å². The average molecular weight is 304 g/mol. The number of aliphatic hydroxyl groups excluding tert-OH is 1. The standard InChI is InChI=1S/C16H20N2O4/c1-18(9-10-19)13-5-3-12(4-6-13)17-16(20)15-8-7-14(22-15)11-21-2/h3-8,19H,9-11H2,1-2H3,(H,17,20). The molecule has 6 heteroatoms. The fourth-order valence-corrected chi connectivity index (χ4v) is 1.99. The fraction of sp³-hybridized carbons (Fsp3) is 0.312. The first-order valence-electron chi connectivity index (χ1n) is 6.95. The molecular weight excluding hydrogens is 284 g/mol. The first-order valence-corrected chi connectivity index (χ1v) is 6.95. The Hall–Kier alpha value is -2.31. The number of benzene rings is 1. The van der Waals surface area contributed by atoms with Gasteiger partial charge in [0, 0.05) is 32.1 Å². The number of rotatable bonds is 7. The first kappa shape index (κ1) is 16.1. The number of furan rings is 1. The van der Waals surface area contributed by atoms with E-state index in [2.05, 4.69) is 5.32 Å². The van der Waals surface area contributed by atoms with E-state index in [0.717, 1.165) is 5.69 Å². The van der Waals surface area contributed by atoms with Gasteiger partial charge in [-0.05, 0) is 36.4 Å². The molecule has 6 nitrogen and oxygen atoms in total. The Morgan fingerprint density at radius 2 is 2.00 bits per heavy atom. The number of aliphatic hydroxyl groups is 1. The molecule has 118 valence electrons. The molecule has 0 aliphatic rings. The minimum Gasteiger partial charge on any atom is -0.453 e. The summed E-state index contributed by atoms with van der Waals surface area (Å²) in [6, 6.07) is 10.7. The van der Waals surface area contributed by atoms with Gasteiger partial charge in [-0.15, -0.1) is 0 Å². The quantitative estimate of drug-likeness (QED) is 0.819. The second-order valence-corrected chi connectivity index (χ2v) is 4.85. The number of methoxy groups -OCH3 is 1. The van der Waals surface area contributed by atoms with Crippen LogP contribution in [-0.4, -0.2) is 38.3 Å². The lowest BCUT2D eigenvalue weighted by atomic mass is 10.2. The lowest BCUT2D eigenvalue weighted by Crippen LogP contribution is -2.21. The van der Waals surface area contributed by atoms with Crippen LogP contribution in [0.3, 0.4) is 0 Å². The maximum Gasteiger partial charge on any atom is 0.291 e. The van der Waals surface area contributed by atoms with Crippen LogP contribution in [0.5, 0.6) is 0 Å². The minimum absolute atomic E-state index is 0.0945. The first-order chi connectivity index (χ1) is 10.6. The van der Waals surface area contributed by atoms with Crippen molar-refractivity contribution in [3.63, 3.8) is 0 Å². The summed E-state index contributed by atoms with van der Waals surface area (Å²) in [5.74, 6) is 0.543. The normalized spacial score (nSPS) is 10.5. The topological polar surface area (TPSA) is 74.9 Å². The fourth-order valence-electron chi connectivity index (χ4n) is 1.99. The molecule has 0 saturated heterocycles. The number of carbonyl (C=O) groups is 1. The number of likely N-dealkylation sites (N-methyl/N-ethyl adjacent to an activating group) is 1. The van der Waals surface area contributed by atoms with E-state index in [9.17, 15) is 4.79 Å². The summed E-state index contributed by atoms with van der Waals surface area (Å²) >= 11 is 0. The van der Waals surface area contributed by atoms with Crippen molar-refractivity contribution in [2.24, 2.45) is 0 Å². The molecule has 1 aromatic heterocycles. The van der Waals surface area contributed by atoms with Crippen LogP contribution in [0.4, 0.5) is 11.4 Å². The molecule has 2 N–H and O–H groups in total. The number of anilines is 2. The summed E-state index contributed by atoms with van der Waals surface area (Å²) in [7, 11) is 3.46. The van der Waals surface area contributed by atoms with E-state index >= 15 is 0 Å². The number of hydrogen-bond donors (Lipinski definition) is 2. The molecule has 2 aromatic rings. The molecule has 0 aliphatic carbocycles. The molecule has 0 fully saturated rings. The van der Waals surface area contributed by atoms with E-state index in [-0.39, 0.29) is 18.3 Å². The van der Waals surface area contributed by atoms with Crippen LogP contribution in [0.25, 0.3) is 0 Å². The Labute approximate surface area is 129 Å². The molecule has 0 unspecified atom stereocenters. The Bertz CT molecular complexity index is 607. The second-order valence-electron chi connectivity index (χ2n) is 4.85. The van der Waals surface area contributed by atoms with Gasteiger partial charge in [0.15, 0.2) is 5.76 Å². The summed E-state index contributed by atoms with van der Waals surface area (Å²) < 4.78 is 10.3. The van der Waals surface area contributed by atoms with E-state index in [0.29, 0.717) is 24.6 Å². The van der Waals surface area contributed by atoms with Gasteiger partial charge in [0.25, 0.3) is 5.91 Å². The predicted octanol–water partition coefficient (Wildman–Crippen LogP) is 2.11. The molecule has 0 aliphatic heterocycles. The van der Waals surface area contributed by atoms with Crippen molar-refractivity contribution in [3.8, 4) is 0 Å². The molecule has 0 spiro atoms. The number of carbonyl (C=O) groups excluding carboxylic acids is 1. The highest BCUT2D eigenvalue weighted by Crippen LogP contribution is 2.18. The lowest BCUT2D eigenvalue weighted by Gasteiger charge is -2.18. The molecule has 1 amide bonds. The van der Waals surface area contributed by atoms with Crippen LogP contribution in [0, 0.1) is 0 Å². The molecule has 1 aromatic carbocycles. The summed E-state index contributed by atoms with van der Waals surface area (Å²) in [5, 5.41) is 11.7. The van der Waals surface area contributed by atoms with Gasteiger partial charge >= 0.3 is 0 Å². The van der Waals surface area contributed by atoms with Crippen LogP contribution in [-0.2, 0) is 11.3 Å². The Kier molecular flexibility index (Phi) is 5.57. The molecule has 0 radical (unpaired) electrons. The third kappa shape index (κ3) is 4.09.